The Hall–Kier alpha value is -1.47. The molecule has 7 heteroatoms. The topological polar surface area (TPSA) is 80.5 Å². The Labute approximate surface area is 105 Å². The van der Waals surface area contributed by atoms with Crippen molar-refractivity contribution in [3.05, 3.63) is 11.9 Å². The molecule has 0 aromatic carbocycles. The number of carboxylic acid groups (broad SMARTS) is 1. The van der Waals surface area contributed by atoms with Gasteiger partial charge in [0.1, 0.15) is 0 Å². The van der Waals surface area contributed by atoms with E-state index in [2.05, 4.69) is 15.2 Å². The van der Waals surface area contributed by atoms with Crippen molar-refractivity contribution in [2.45, 2.75) is 19.5 Å². The van der Waals surface area contributed by atoms with Crippen LogP contribution in [0, 0.1) is 5.92 Å². The summed E-state index contributed by atoms with van der Waals surface area (Å²) >= 11 is 0. The summed E-state index contributed by atoms with van der Waals surface area (Å²) in [6.45, 7) is 4.12. The van der Waals surface area contributed by atoms with Crippen molar-refractivity contribution >= 4 is 5.97 Å². The number of likely N-dealkylation sites (N-methyl/N-ethyl adjacent to an activating group) is 1. The molecule has 1 aromatic rings. The molecule has 1 aromatic heterocycles. The highest BCUT2D eigenvalue weighted by Gasteiger charge is 2.37. The van der Waals surface area contributed by atoms with Crippen molar-refractivity contribution in [3.8, 4) is 0 Å². The Balaban J connectivity index is 2.06. The average Bonchev–Trinajstić information content (AvgIpc) is 2.94. The standard InChI is InChI=1S/C11H18N4O3/c1-3-15(5-8-4-14(2)13-12-8)10-7-18-6-9(10)11(16)17/h4,9-10H,3,5-7H2,1-2H3,(H,16,17). The summed E-state index contributed by atoms with van der Waals surface area (Å²) in [5.74, 6) is -1.25. The van der Waals surface area contributed by atoms with Gasteiger partial charge >= 0.3 is 5.97 Å². The Bertz CT molecular complexity index is 420. The van der Waals surface area contributed by atoms with Crippen LogP contribution in [0.15, 0.2) is 6.20 Å². The zero-order chi connectivity index (χ0) is 13.1. The minimum Gasteiger partial charge on any atom is -0.481 e. The second kappa shape index (κ2) is 5.45. The average molecular weight is 254 g/mol. The van der Waals surface area contributed by atoms with Crippen LogP contribution >= 0.6 is 0 Å². The van der Waals surface area contributed by atoms with Crippen molar-refractivity contribution < 1.29 is 14.6 Å². The van der Waals surface area contributed by atoms with Crippen molar-refractivity contribution in [3.63, 3.8) is 0 Å². The summed E-state index contributed by atoms with van der Waals surface area (Å²) in [5, 5.41) is 17.1. The van der Waals surface area contributed by atoms with Crippen molar-refractivity contribution in [1.82, 2.24) is 19.9 Å². The van der Waals surface area contributed by atoms with E-state index in [0.29, 0.717) is 13.2 Å². The van der Waals surface area contributed by atoms with Gasteiger partial charge in [0.05, 0.1) is 24.8 Å². The molecule has 1 aliphatic heterocycles. The van der Waals surface area contributed by atoms with Crippen LogP contribution in [0.5, 0.6) is 0 Å². The Morgan fingerprint density at radius 2 is 2.44 bits per heavy atom. The maximum absolute atomic E-state index is 11.2. The summed E-state index contributed by atoms with van der Waals surface area (Å²) in [4.78, 5) is 13.2. The highest BCUT2D eigenvalue weighted by Crippen LogP contribution is 2.21. The number of hydrogen-bond donors (Lipinski definition) is 1. The predicted molar refractivity (Wildman–Crippen MR) is 62.8 cm³/mol. The Morgan fingerprint density at radius 1 is 1.67 bits per heavy atom. The van der Waals surface area contributed by atoms with Gasteiger partial charge in [0.2, 0.25) is 0 Å². The first-order valence-electron chi connectivity index (χ1n) is 6.01. The first-order chi connectivity index (χ1) is 8.61. The number of nitrogens with zero attached hydrogens (tertiary/aromatic N) is 4. The van der Waals surface area contributed by atoms with Crippen LogP contribution in [0.2, 0.25) is 0 Å². The smallest absolute Gasteiger partial charge is 0.310 e. The van der Waals surface area contributed by atoms with Crippen LogP contribution in [-0.4, -0.2) is 56.8 Å². The van der Waals surface area contributed by atoms with Gasteiger partial charge in [0.25, 0.3) is 0 Å². The molecule has 1 N–H and O–H groups in total. The largest absolute Gasteiger partial charge is 0.481 e. The molecular weight excluding hydrogens is 236 g/mol. The number of aliphatic carboxylic acids is 1. The minimum atomic E-state index is -0.796. The summed E-state index contributed by atoms with van der Waals surface area (Å²) in [7, 11) is 1.81. The number of rotatable bonds is 5. The summed E-state index contributed by atoms with van der Waals surface area (Å²) in [6, 6.07) is -0.0884. The number of aromatic nitrogens is 3. The molecule has 2 atom stereocenters. The summed E-state index contributed by atoms with van der Waals surface area (Å²) < 4.78 is 6.93. The molecule has 1 fully saturated rings. The molecule has 0 spiro atoms. The molecule has 18 heavy (non-hydrogen) atoms. The second-order valence-electron chi connectivity index (χ2n) is 4.50. The van der Waals surface area contributed by atoms with E-state index in [0.717, 1.165) is 12.2 Å². The lowest BCUT2D eigenvalue weighted by Crippen LogP contribution is -2.42. The van der Waals surface area contributed by atoms with Gasteiger partial charge in [0, 0.05) is 25.8 Å². The molecular formula is C11H18N4O3. The maximum atomic E-state index is 11.2. The van der Waals surface area contributed by atoms with E-state index in [1.54, 1.807) is 4.68 Å². The second-order valence-corrected chi connectivity index (χ2v) is 4.50. The third-order valence-electron chi connectivity index (χ3n) is 3.26. The molecule has 2 unspecified atom stereocenters. The number of aryl methyl sites for hydroxylation is 1. The molecule has 1 aliphatic rings. The third-order valence-corrected chi connectivity index (χ3v) is 3.26. The lowest BCUT2D eigenvalue weighted by atomic mass is 10.0. The van der Waals surface area contributed by atoms with E-state index in [1.807, 2.05) is 20.2 Å². The molecule has 2 heterocycles. The molecule has 2 rings (SSSR count). The van der Waals surface area contributed by atoms with Crippen molar-refractivity contribution in [2.75, 3.05) is 19.8 Å². The first kappa shape index (κ1) is 13.0. The fraction of sp³-hybridized carbons (Fsp3) is 0.727. The normalized spacial score (nSPS) is 23.7. The van der Waals surface area contributed by atoms with E-state index < -0.39 is 11.9 Å². The van der Waals surface area contributed by atoms with Gasteiger partial charge in [-0.3, -0.25) is 14.4 Å². The number of hydrogen-bond acceptors (Lipinski definition) is 5. The van der Waals surface area contributed by atoms with Crippen molar-refractivity contribution in [2.24, 2.45) is 13.0 Å². The fourth-order valence-corrected chi connectivity index (χ4v) is 2.28. The Morgan fingerprint density at radius 3 is 3.00 bits per heavy atom. The van der Waals surface area contributed by atoms with E-state index in [4.69, 9.17) is 9.84 Å². The van der Waals surface area contributed by atoms with E-state index in [1.165, 1.54) is 0 Å². The molecule has 0 amide bonds. The van der Waals surface area contributed by atoms with Crippen LogP contribution in [0.3, 0.4) is 0 Å². The molecule has 0 radical (unpaired) electrons. The van der Waals surface area contributed by atoms with Crippen LogP contribution in [-0.2, 0) is 23.1 Å². The number of carbonyl (C=O) groups is 1. The predicted octanol–water partition coefficient (Wildman–Crippen LogP) is -0.263. The van der Waals surface area contributed by atoms with Gasteiger partial charge in [-0.25, -0.2) is 0 Å². The lowest BCUT2D eigenvalue weighted by Gasteiger charge is -2.28. The fourth-order valence-electron chi connectivity index (χ4n) is 2.28. The zero-order valence-electron chi connectivity index (χ0n) is 10.6. The third kappa shape index (κ3) is 2.68. The molecule has 0 aliphatic carbocycles. The summed E-state index contributed by atoms with van der Waals surface area (Å²) in [5.41, 5.74) is 0.843. The monoisotopic (exact) mass is 254 g/mol. The Kier molecular flexibility index (Phi) is 3.93. The maximum Gasteiger partial charge on any atom is 0.310 e. The highest BCUT2D eigenvalue weighted by molar-refractivity contribution is 5.71. The van der Waals surface area contributed by atoms with Crippen LogP contribution in [0.25, 0.3) is 0 Å². The van der Waals surface area contributed by atoms with E-state index in [9.17, 15) is 4.79 Å². The molecule has 0 saturated carbocycles. The van der Waals surface area contributed by atoms with E-state index >= 15 is 0 Å². The highest BCUT2D eigenvalue weighted by atomic mass is 16.5. The van der Waals surface area contributed by atoms with Crippen LogP contribution < -0.4 is 0 Å². The molecule has 100 valence electrons. The van der Waals surface area contributed by atoms with Gasteiger partial charge < -0.3 is 9.84 Å². The van der Waals surface area contributed by atoms with Gasteiger partial charge in [-0.05, 0) is 6.54 Å². The quantitative estimate of drug-likeness (QED) is 0.779. The first-order valence-corrected chi connectivity index (χ1v) is 6.01. The number of carboxylic acids is 1. The van der Waals surface area contributed by atoms with Crippen molar-refractivity contribution in [1.29, 1.82) is 0 Å². The minimum absolute atomic E-state index is 0.0884. The summed E-state index contributed by atoms with van der Waals surface area (Å²) in [6.07, 6.45) is 1.84. The molecule has 7 nitrogen and oxygen atoms in total. The van der Waals surface area contributed by atoms with Gasteiger partial charge in [0.15, 0.2) is 0 Å². The van der Waals surface area contributed by atoms with E-state index in [-0.39, 0.29) is 12.6 Å². The van der Waals surface area contributed by atoms with Gasteiger partial charge in [-0.2, -0.15) is 0 Å². The van der Waals surface area contributed by atoms with Crippen LogP contribution in [0.1, 0.15) is 12.6 Å². The lowest BCUT2D eigenvalue weighted by molar-refractivity contribution is -0.143. The van der Waals surface area contributed by atoms with Gasteiger partial charge in [-0.1, -0.05) is 12.1 Å². The van der Waals surface area contributed by atoms with Crippen LogP contribution in [0.4, 0.5) is 0 Å². The molecule has 1 saturated heterocycles. The molecule has 0 bridgehead atoms. The van der Waals surface area contributed by atoms with Gasteiger partial charge in [-0.15, -0.1) is 5.10 Å². The zero-order valence-corrected chi connectivity index (χ0v) is 10.6. The SMILES string of the molecule is CCN(Cc1cn(C)nn1)C1COCC1C(=O)O. The number of ether oxygens (including phenoxy) is 1.